The lowest BCUT2D eigenvalue weighted by molar-refractivity contribution is 0.224. The van der Waals surface area contributed by atoms with Crippen LogP contribution in [0.2, 0.25) is 0 Å². The molecular weight excluding hydrogens is 184 g/mol. The largest absolute Gasteiger partial charge is 0.469 e. The SMILES string of the molecule is CCc1coc([C@H](C(C)C)C(C)(C)C)c1. The number of furan rings is 1. The van der Waals surface area contributed by atoms with Crippen molar-refractivity contribution < 1.29 is 4.42 Å². The highest BCUT2D eigenvalue weighted by molar-refractivity contribution is 5.18. The van der Waals surface area contributed by atoms with Crippen LogP contribution in [0.3, 0.4) is 0 Å². The molecule has 15 heavy (non-hydrogen) atoms. The summed E-state index contributed by atoms with van der Waals surface area (Å²) in [6, 6.07) is 2.22. The predicted octanol–water partition coefficient (Wildman–Crippen LogP) is 4.63. The summed E-state index contributed by atoms with van der Waals surface area (Å²) in [7, 11) is 0. The summed E-state index contributed by atoms with van der Waals surface area (Å²) in [6.45, 7) is 13.5. The highest BCUT2D eigenvalue weighted by atomic mass is 16.3. The van der Waals surface area contributed by atoms with E-state index in [2.05, 4.69) is 47.6 Å². The highest BCUT2D eigenvalue weighted by Crippen LogP contribution is 2.41. The van der Waals surface area contributed by atoms with Crippen LogP contribution in [0.1, 0.15) is 58.8 Å². The molecule has 0 saturated carbocycles. The van der Waals surface area contributed by atoms with E-state index >= 15 is 0 Å². The van der Waals surface area contributed by atoms with Crippen molar-refractivity contribution in [2.75, 3.05) is 0 Å². The number of hydrogen-bond donors (Lipinski definition) is 0. The first-order valence-electron chi connectivity index (χ1n) is 5.93. The zero-order valence-corrected chi connectivity index (χ0v) is 10.9. The van der Waals surface area contributed by atoms with E-state index in [1.165, 1.54) is 5.56 Å². The summed E-state index contributed by atoms with van der Waals surface area (Å²) < 4.78 is 5.71. The molecule has 0 aliphatic rings. The Bertz CT molecular complexity index is 301. The fraction of sp³-hybridized carbons (Fsp3) is 0.714. The van der Waals surface area contributed by atoms with E-state index < -0.39 is 0 Å². The minimum Gasteiger partial charge on any atom is -0.469 e. The van der Waals surface area contributed by atoms with E-state index in [9.17, 15) is 0 Å². The average Bonchev–Trinajstić information content (AvgIpc) is 2.49. The molecule has 1 rings (SSSR count). The van der Waals surface area contributed by atoms with Gasteiger partial charge in [0, 0.05) is 5.92 Å². The third-order valence-electron chi connectivity index (χ3n) is 2.99. The molecule has 0 radical (unpaired) electrons. The van der Waals surface area contributed by atoms with Crippen LogP contribution >= 0.6 is 0 Å². The second-order valence-corrected chi connectivity index (χ2v) is 5.80. The zero-order valence-electron chi connectivity index (χ0n) is 10.9. The quantitative estimate of drug-likeness (QED) is 0.706. The first-order chi connectivity index (χ1) is 6.86. The summed E-state index contributed by atoms with van der Waals surface area (Å²) in [6.07, 6.45) is 2.95. The lowest BCUT2D eigenvalue weighted by atomic mass is 9.73. The van der Waals surface area contributed by atoms with Crippen molar-refractivity contribution in [2.45, 2.75) is 53.9 Å². The summed E-state index contributed by atoms with van der Waals surface area (Å²) in [4.78, 5) is 0. The van der Waals surface area contributed by atoms with Crippen molar-refractivity contribution in [3.8, 4) is 0 Å². The van der Waals surface area contributed by atoms with Gasteiger partial charge in [0.15, 0.2) is 0 Å². The van der Waals surface area contributed by atoms with Gasteiger partial charge in [0.25, 0.3) is 0 Å². The van der Waals surface area contributed by atoms with E-state index in [0.717, 1.165) is 12.2 Å². The molecule has 0 unspecified atom stereocenters. The Labute approximate surface area is 93.9 Å². The van der Waals surface area contributed by atoms with Crippen LogP contribution in [0.4, 0.5) is 0 Å². The molecule has 0 spiro atoms. The van der Waals surface area contributed by atoms with Crippen LogP contribution in [-0.2, 0) is 6.42 Å². The van der Waals surface area contributed by atoms with Gasteiger partial charge in [0.05, 0.1) is 6.26 Å². The van der Waals surface area contributed by atoms with E-state index in [4.69, 9.17) is 4.42 Å². The molecule has 1 heterocycles. The minimum atomic E-state index is 0.261. The van der Waals surface area contributed by atoms with Crippen molar-refractivity contribution in [1.82, 2.24) is 0 Å². The van der Waals surface area contributed by atoms with Crippen molar-refractivity contribution >= 4 is 0 Å². The first-order valence-corrected chi connectivity index (χ1v) is 5.93. The van der Waals surface area contributed by atoms with Gasteiger partial charge in [-0.05, 0) is 29.4 Å². The maximum atomic E-state index is 5.71. The van der Waals surface area contributed by atoms with Gasteiger partial charge in [-0.2, -0.15) is 0 Å². The predicted molar refractivity (Wildman–Crippen MR) is 65.1 cm³/mol. The molecule has 0 aromatic carbocycles. The minimum absolute atomic E-state index is 0.261. The van der Waals surface area contributed by atoms with Crippen molar-refractivity contribution in [2.24, 2.45) is 11.3 Å². The molecular formula is C14H24O. The maximum absolute atomic E-state index is 5.71. The molecule has 0 N–H and O–H groups in total. The Morgan fingerprint density at radius 2 is 1.87 bits per heavy atom. The fourth-order valence-corrected chi connectivity index (χ4v) is 2.50. The molecule has 1 heteroatoms. The zero-order chi connectivity index (χ0) is 11.6. The monoisotopic (exact) mass is 208 g/mol. The Balaban J connectivity index is 2.99. The molecule has 0 saturated heterocycles. The summed E-state index contributed by atoms with van der Waals surface area (Å²) >= 11 is 0. The second kappa shape index (κ2) is 4.42. The normalized spacial score (nSPS) is 14.6. The van der Waals surface area contributed by atoms with Gasteiger partial charge in [0.1, 0.15) is 5.76 Å². The summed E-state index contributed by atoms with van der Waals surface area (Å²) in [5, 5.41) is 0. The van der Waals surface area contributed by atoms with E-state index in [0.29, 0.717) is 11.8 Å². The van der Waals surface area contributed by atoms with Crippen LogP contribution in [0.5, 0.6) is 0 Å². The van der Waals surface area contributed by atoms with Gasteiger partial charge in [0.2, 0.25) is 0 Å². The Morgan fingerprint density at radius 1 is 1.27 bits per heavy atom. The van der Waals surface area contributed by atoms with Crippen LogP contribution in [0.15, 0.2) is 16.7 Å². The van der Waals surface area contributed by atoms with Crippen LogP contribution in [0.25, 0.3) is 0 Å². The van der Waals surface area contributed by atoms with Crippen LogP contribution < -0.4 is 0 Å². The van der Waals surface area contributed by atoms with Crippen molar-refractivity contribution in [3.63, 3.8) is 0 Å². The average molecular weight is 208 g/mol. The molecule has 86 valence electrons. The van der Waals surface area contributed by atoms with Gasteiger partial charge >= 0.3 is 0 Å². The van der Waals surface area contributed by atoms with Gasteiger partial charge in [-0.15, -0.1) is 0 Å². The summed E-state index contributed by atoms with van der Waals surface area (Å²) in [5.74, 6) is 2.26. The Hall–Kier alpha value is -0.720. The van der Waals surface area contributed by atoms with Crippen LogP contribution in [-0.4, -0.2) is 0 Å². The smallest absolute Gasteiger partial charge is 0.107 e. The molecule has 1 nitrogen and oxygen atoms in total. The third-order valence-corrected chi connectivity index (χ3v) is 2.99. The Kier molecular flexibility index (Phi) is 3.64. The fourth-order valence-electron chi connectivity index (χ4n) is 2.50. The van der Waals surface area contributed by atoms with Gasteiger partial charge in [-0.1, -0.05) is 41.5 Å². The number of aryl methyl sites for hydroxylation is 1. The Morgan fingerprint density at radius 3 is 2.20 bits per heavy atom. The lowest BCUT2D eigenvalue weighted by Gasteiger charge is -2.32. The van der Waals surface area contributed by atoms with Gasteiger partial charge in [-0.3, -0.25) is 0 Å². The van der Waals surface area contributed by atoms with E-state index in [1.807, 2.05) is 6.26 Å². The van der Waals surface area contributed by atoms with Gasteiger partial charge in [-0.25, -0.2) is 0 Å². The van der Waals surface area contributed by atoms with E-state index in [-0.39, 0.29) is 5.41 Å². The molecule has 0 fully saturated rings. The number of hydrogen-bond acceptors (Lipinski definition) is 1. The molecule has 0 amide bonds. The van der Waals surface area contributed by atoms with Gasteiger partial charge < -0.3 is 4.42 Å². The molecule has 1 aromatic heterocycles. The lowest BCUT2D eigenvalue weighted by Crippen LogP contribution is -2.22. The summed E-state index contributed by atoms with van der Waals surface area (Å²) in [5.41, 5.74) is 1.57. The molecule has 0 aliphatic heterocycles. The highest BCUT2D eigenvalue weighted by Gasteiger charge is 2.31. The molecule has 1 atom stereocenters. The first kappa shape index (κ1) is 12.4. The van der Waals surface area contributed by atoms with E-state index in [1.54, 1.807) is 0 Å². The molecule has 0 bridgehead atoms. The third kappa shape index (κ3) is 2.87. The number of rotatable bonds is 3. The topological polar surface area (TPSA) is 13.1 Å². The molecule has 1 aromatic rings. The second-order valence-electron chi connectivity index (χ2n) is 5.80. The standard InChI is InChI=1S/C14H24O/c1-7-11-8-12(15-9-11)13(10(2)3)14(4,5)6/h8-10,13H,7H2,1-6H3/t13-/m0/s1. The van der Waals surface area contributed by atoms with Crippen molar-refractivity contribution in [1.29, 1.82) is 0 Å². The molecule has 0 aliphatic carbocycles. The van der Waals surface area contributed by atoms with Crippen LogP contribution in [0, 0.1) is 11.3 Å². The maximum Gasteiger partial charge on any atom is 0.107 e. The van der Waals surface area contributed by atoms with Crippen molar-refractivity contribution in [3.05, 3.63) is 23.7 Å².